The molecule has 0 unspecified atom stereocenters. The van der Waals surface area contributed by atoms with Gasteiger partial charge in [0.05, 0.1) is 17.0 Å². The number of rotatable bonds is 1. The third-order valence-electron chi connectivity index (χ3n) is 1.68. The Balaban J connectivity index is 3.31. The van der Waals surface area contributed by atoms with E-state index >= 15 is 0 Å². The highest BCUT2D eigenvalue weighted by Crippen LogP contribution is 2.09. The van der Waals surface area contributed by atoms with Gasteiger partial charge in [-0.05, 0) is 6.92 Å². The van der Waals surface area contributed by atoms with Crippen molar-refractivity contribution in [3.05, 3.63) is 17.0 Å². The molecule has 1 rings (SSSR count). The molecule has 0 aliphatic carbocycles. The van der Waals surface area contributed by atoms with Gasteiger partial charge in [0.1, 0.15) is 0 Å². The van der Waals surface area contributed by atoms with Crippen LogP contribution in [0.5, 0.6) is 0 Å². The number of nitrogens with two attached hydrogens (primary N) is 1. The third-order valence-corrected chi connectivity index (χ3v) is 1.68. The molecule has 0 aliphatic heterocycles. The van der Waals surface area contributed by atoms with Gasteiger partial charge in [0.15, 0.2) is 0 Å². The first-order valence-electron chi connectivity index (χ1n) is 3.39. The predicted octanol–water partition coefficient (Wildman–Crippen LogP) is 0.169. The smallest absolute Gasteiger partial charge is 0.0753 e. The molecule has 0 aromatic carbocycles. The molecule has 0 saturated carbocycles. The van der Waals surface area contributed by atoms with E-state index in [1.807, 2.05) is 14.0 Å². The Morgan fingerprint density at radius 1 is 1.73 bits per heavy atom. The first kappa shape index (κ1) is 7.83. The van der Waals surface area contributed by atoms with Gasteiger partial charge in [-0.15, -0.1) is 6.42 Å². The summed E-state index contributed by atoms with van der Waals surface area (Å²) in [6, 6.07) is 0. The Bertz CT molecular complexity index is 304. The second kappa shape index (κ2) is 2.77. The minimum Gasteiger partial charge on any atom is -0.325 e. The summed E-state index contributed by atoms with van der Waals surface area (Å²) >= 11 is 0. The van der Waals surface area contributed by atoms with Crippen LogP contribution in [0.2, 0.25) is 0 Å². The van der Waals surface area contributed by atoms with E-state index < -0.39 is 0 Å². The summed E-state index contributed by atoms with van der Waals surface area (Å²) < 4.78 is 1.73. The Morgan fingerprint density at radius 3 is 2.73 bits per heavy atom. The molecular weight excluding hydrogens is 138 g/mol. The molecule has 0 radical (unpaired) electrons. The maximum Gasteiger partial charge on any atom is 0.0753 e. The molecule has 1 aromatic heterocycles. The molecule has 0 atom stereocenters. The average Bonchev–Trinajstić information content (AvgIpc) is 2.24. The van der Waals surface area contributed by atoms with Crippen molar-refractivity contribution in [3.8, 4) is 12.3 Å². The van der Waals surface area contributed by atoms with Crippen LogP contribution in [0.4, 0.5) is 0 Å². The Hall–Kier alpha value is -1.27. The van der Waals surface area contributed by atoms with Crippen molar-refractivity contribution in [2.45, 2.75) is 13.5 Å². The van der Waals surface area contributed by atoms with Gasteiger partial charge in [0.25, 0.3) is 0 Å². The van der Waals surface area contributed by atoms with Gasteiger partial charge in [0.2, 0.25) is 0 Å². The van der Waals surface area contributed by atoms with E-state index in [-0.39, 0.29) is 0 Å². The predicted molar refractivity (Wildman–Crippen MR) is 43.8 cm³/mol. The number of terminal acetylenes is 1. The standard InChI is InChI=1S/C8H11N3/c1-4-7-6(2)10-11(3)8(7)5-9/h1H,5,9H2,2-3H3. The van der Waals surface area contributed by atoms with Gasteiger partial charge in [-0.1, -0.05) is 5.92 Å². The van der Waals surface area contributed by atoms with Crippen LogP contribution in [0.3, 0.4) is 0 Å². The zero-order valence-electron chi connectivity index (χ0n) is 6.76. The molecule has 58 valence electrons. The second-order valence-electron chi connectivity index (χ2n) is 2.38. The number of aromatic nitrogens is 2. The third kappa shape index (κ3) is 1.13. The summed E-state index contributed by atoms with van der Waals surface area (Å²) in [4.78, 5) is 0. The van der Waals surface area contributed by atoms with Gasteiger partial charge >= 0.3 is 0 Å². The molecule has 0 aliphatic rings. The number of aryl methyl sites for hydroxylation is 2. The zero-order chi connectivity index (χ0) is 8.43. The van der Waals surface area contributed by atoms with Gasteiger partial charge in [-0.3, -0.25) is 4.68 Å². The molecule has 3 nitrogen and oxygen atoms in total. The highest BCUT2D eigenvalue weighted by atomic mass is 15.3. The molecular formula is C8H11N3. The molecule has 0 bridgehead atoms. The van der Waals surface area contributed by atoms with E-state index in [9.17, 15) is 0 Å². The highest BCUT2D eigenvalue weighted by Gasteiger charge is 2.07. The van der Waals surface area contributed by atoms with Crippen molar-refractivity contribution < 1.29 is 0 Å². The quantitative estimate of drug-likeness (QED) is 0.578. The summed E-state index contributed by atoms with van der Waals surface area (Å²) in [6.45, 7) is 2.32. The number of hydrogen-bond acceptors (Lipinski definition) is 2. The summed E-state index contributed by atoms with van der Waals surface area (Å²) in [7, 11) is 1.84. The molecule has 1 heterocycles. The van der Waals surface area contributed by atoms with E-state index in [0.717, 1.165) is 17.0 Å². The lowest BCUT2D eigenvalue weighted by atomic mass is 10.2. The van der Waals surface area contributed by atoms with E-state index in [0.29, 0.717) is 6.54 Å². The van der Waals surface area contributed by atoms with E-state index in [2.05, 4.69) is 11.0 Å². The monoisotopic (exact) mass is 149 g/mol. The van der Waals surface area contributed by atoms with Crippen LogP contribution in [0.15, 0.2) is 0 Å². The van der Waals surface area contributed by atoms with Gasteiger partial charge in [-0.2, -0.15) is 5.10 Å². The summed E-state index contributed by atoms with van der Waals surface area (Å²) in [5, 5.41) is 4.15. The number of hydrogen-bond donors (Lipinski definition) is 1. The van der Waals surface area contributed by atoms with Crippen LogP contribution in [-0.2, 0) is 13.6 Å². The largest absolute Gasteiger partial charge is 0.325 e. The second-order valence-corrected chi connectivity index (χ2v) is 2.38. The summed E-state index contributed by atoms with van der Waals surface area (Å²) in [5.74, 6) is 2.57. The molecule has 1 aromatic rings. The fourth-order valence-corrected chi connectivity index (χ4v) is 1.13. The van der Waals surface area contributed by atoms with Crippen LogP contribution in [0.1, 0.15) is 17.0 Å². The minimum atomic E-state index is 0.441. The van der Waals surface area contributed by atoms with Crippen LogP contribution >= 0.6 is 0 Å². The topological polar surface area (TPSA) is 43.8 Å². The lowest BCUT2D eigenvalue weighted by molar-refractivity contribution is 0.705. The van der Waals surface area contributed by atoms with Crippen molar-refractivity contribution in [3.63, 3.8) is 0 Å². The van der Waals surface area contributed by atoms with E-state index in [1.54, 1.807) is 4.68 Å². The first-order chi connectivity index (χ1) is 5.20. The molecule has 0 spiro atoms. The zero-order valence-corrected chi connectivity index (χ0v) is 6.76. The fraction of sp³-hybridized carbons (Fsp3) is 0.375. The summed E-state index contributed by atoms with van der Waals surface area (Å²) in [5.41, 5.74) is 8.10. The summed E-state index contributed by atoms with van der Waals surface area (Å²) in [6.07, 6.45) is 5.28. The van der Waals surface area contributed by atoms with Crippen LogP contribution in [-0.4, -0.2) is 9.78 Å². The van der Waals surface area contributed by atoms with Gasteiger partial charge in [-0.25, -0.2) is 0 Å². The van der Waals surface area contributed by atoms with E-state index in [1.165, 1.54) is 0 Å². The normalized spacial score (nSPS) is 9.64. The first-order valence-corrected chi connectivity index (χ1v) is 3.39. The Kier molecular flexibility index (Phi) is 1.97. The molecule has 3 heteroatoms. The van der Waals surface area contributed by atoms with E-state index in [4.69, 9.17) is 12.2 Å². The molecule has 11 heavy (non-hydrogen) atoms. The molecule has 0 amide bonds. The van der Waals surface area contributed by atoms with Crippen LogP contribution in [0.25, 0.3) is 0 Å². The SMILES string of the molecule is C#Cc1c(C)nn(C)c1CN. The van der Waals surface area contributed by atoms with Gasteiger partial charge in [0, 0.05) is 13.6 Å². The van der Waals surface area contributed by atoms with Crippen LogP contribution in [0, 0.1) is 19.3 Å². The minimum absolute atomic E-state index is 0.441. The fourth-order valence-electron chi connectivity index (χ4n) is 1.13. The van der Waals surface area contributed by atoms with Crippen LogP contribution < -0.4 is 5.73 Å². The van der Waals surface area contributed by atoms with Crippen molar-refractivity contribution in [2.75, 3.05) is 0 Å². The lowest BCUT2D eigenvalue weighted by Gasteiger charge is -1.96. The Morgan fingerprint density at radius 2 is 2.36 bits per heavy atom. The van der Waals surface area contributed by atoms with Gasteiger partial charge < -0.3 is 5.73 Å². The average molecular weight is 149 g/mol. The van der Waals surface area contributed by atoms with Crippen molar-refractivity contribution >= 4 is 0 Å². The number of nitrogens with zero attached hydrogens (tertiary/aromatic N) is 2. The maximum atomic E-state index is 5.48. The van der Waals surface area contributed by atoms with Crippen molar-refractivity contribution in [1.82, 2.24) is 9.78 Å². The molecule has 2 N–H and O–H groups in total. The Labute approximate surface area is 66.2 Å². The van der Waals surface area contributed by atoms with Crippen molar-refractivity contribution in [1.29, 1.82) is 0 Å². The molecule has 0 saturated heterocycles. The lowest BCUT2D eigenvalue weighted by Crippen LogP contribution is -2.05. The maximum absolute atomic E-state index is 5.48. The van der Waals surface area contributed by atoms with Crippen molar-refractivity contribution in [2.24, 2.45) is 12.8 Å². The molecule has 0 fully saturated rings. The highest BCUT2D eigenvalue weighted by molar-refractivity contribution is 5.39.